The standard InChI is InChI=1S/C32H24O6S/c1-3-30(33)37-23-7-22-36-27-18-20-29(21-19-27)39-32(35)26-14-10-24(11-15-26)8-5-6-9-25-12-16-28(17-13-25)38-31(34)4-2/h3-4,10-21H,1-2,7,22-23H2. The second-order valence-corrected chi connectivity index (χ2v) is 8.71. The fourth-order valence-electron chi connectivity index (χ4n) is 2.91. The van der Waals surface area contributed by atoms with E-state index in [0.29, 0.717) is 30.1 Å². The zero-order chi connectivity index (χ0) is 27.9. The van der Waals surface area contributed by atoms with Crippen LogP contribution < -0.4 is 9.47 Å². The molecule has 0 saturated heterocycles. The highest BCUT2D eigenvalue weighted by Gasteiger charge is 2.08. The lowest BCUT2D eigenvalue weighted by Gasteiger charge is -2.07. The van der Waals surface area contributed by atoms with Gasteiger partial charge in [-0.1, -0.05) is 25.0 Å². The van der Waals surface area contributed by atoms with Gasteiger partial charge in [0.15, 0.2) is 0 Å². The van der Waals surface area contributed by atoms with Crippen LogP contribution in [0.1, 0.15) is 27.9 Å². The van der Waals surface area contributed by atoms with Crippen LogP contribution in [0.4, 0.5) is 0 Å². The third-order valence-electron chi connectivity index (χ3n) is 4.84. The average Bonchev–Trinajstić information content (AvgIpc) is 2.96. The molecule has 194 valence electrons. The maximum Gasteiger partial charge on any atom is 0.335 e. The molecule has 7 heteroatoms. The summed E-state index contributed by atoms with van der Waals surface area (Å²) in [6.07, 6.45) is 2.78. The maximum absolute atomic E-state index is 12.6. The summed E-state index contributed by atoms with van der Waals surface area (Å²) in [5, 5.41) is -0.0887. The fourth-order valence-corrected chi connectivity index (χ4v) is 3.65. The average molecular weight is 537 g/mol. The van der Waals surface area contributed by atoms with Gasteiger partial charge in [-0.2, -0.15) is 0 Å². The van der Waals surface area contributed by atoms with Gasteiger partial charge in [0.25, 0.3) is 0 Å². The first kappa shape index (κ1) is 28.6. The first-order valence-corrected chi connectivity index (χ1v) is 12.6. The van der Waals surface area contributed by atoms with E-state index in [4.69, 9.17) is 14.2 Å². The van der Waals surface area contributed by atoms with Crippen LogP contribution in [0.3, 0.4) is 0 Å². The van der Waals surface area contributed by atoms with Crippen molar-refractivity contribution in [2.24, 2.45) is 0 Å². The molecule has 39 heavy (non-hydrogen) atoms. The smallest absolute Gasteiger partial charge is 0.335 e. The first-order chi connectivity index (χ1) is 19.0. The van der Waals surface area contributed by atoms with Crippen LogP contribution in [0, 0.1) is 23.7 Å². The van der Waals surface area contributed by atoms with Crippen molar-refractivity contribution in [1.29, 1.82) is 0 Å². The summed E-state index contributed by atoms with van der Waals surface area (Å²) in [5.74, 6) is 11.5. The third-order valence-corrected chi connectivity index (χ3v) is 5.77. The number of ether oxygens (including phenoxy) is 3. The van der Waals surface area contributed by atoms with E-state index in [1.165, 1.54) is 0 Å². The Kier molecular flexibility index (Phi) is 11.2. The van der Waals surface area contributed by atoms with Gasteiger partial charge in [0, 0.05) is 40.2 Å². The molecule has 6 nitrogen and oxygen atoms in total. The van der Waals surface area contributed by atoms with E-state index in [2.05, 4.69) is 36.8 Å². The molecule has 0 fully saturated rings. The lowest BCUT2D eigenvalue weighted by molar-refractivity contribution is -0.138. The van der Waals surface area contributed by atoms with Gasteiger partial charge < -0.3 is 14.2 Å². The summed E-state index contributed by atoms with van der Waals surface area (Å²) in [7, 11) is 0. The van der Waals surface area contributed by atoms with Gasteiger partial charge in [-0.25, -0.2) is 9.59 Å². The highest BCUT2D eigenvalue weighted by molar-refractivity contribution is 8.14. The van der Waals surface area contributed by atoms with E-state index in [1.54, 1.807) is 60.7 Å². The van der Waals surface area contributed by atoms with Crippen molar-refractivity contribution < 1.29 is 28.6 Å². The molecule has 0 aromatic heterocycles. The van der Waals surface area contributed by atoms with Gasteiger partial charge in [-0.3, -0.25) is 4.79 Å². The Morgan fingerprint density at radius 3 is 1.87 bits per heavy atom. The summed E-state index contributed by atoms with van der Waals surface area (Å²) in [4.78, 5) is 35.6. The molecule has 0 radical (unpaired) electrons. The molecule has 0 unspecified atom stereocenters. The second kappa shape index (κ2) is 15.3. The summed E-state index contributed by atoms with van der Waals surface area (Å²) in [5.41, 5.74) is 2.02. The van der Waals surface area contributed by atoms with Gasteiger partial charge in [0.05, 0.1) is 13.2 Å². The molecule has 0 atom stereocenters. The van der Waals surface area contributed by atoms with Crippen LogP contribution in [0.25, 0.3) is 0 Å². The van der Waals surface area contributed by atoms with Gasteiger partial charge in [0.2, 0.25) is 5.12 Å². The van der Waals surface area contributed by atoms with E-state index in [1.807, 2.05) is 12.1 Å². The second-order valence-electron chi connectivity index (χ2n) is 7.66. The van der Waals surface area contributed by atoms with Crippen LogP contribution in [0.15, 0.2) is 103 Å². The van der Waals surface area contributed by atoms with E-state index in [0.717, 1.165) is 39.9 Å². The van der Waals surface area contributed by atoms with E-state index in [-0.39, 0.29) is 11.7 Å². The SMILES string of the molecule is C=CC(=O)OCCCOc1ccc(SC(=O)c2ccc(C#CC#Cc3ccc(OC(=O)C=C)cc3)cc2)cc1. The maximum atomic E-state index is 12.6. The molecule has 3 rings (SSSR count). The molecule has 0 amide bonds. The Labute approximate surface area is 231 Å². The Morgan fingerprint density at radius 2 is 1.28 bits per heavy atom. The summed E-state index contributed by atoms with van der Waals surface area (Å²) < 4.78 is 15.5. The zero-order valence-corrected chi connectivity index (χ0v) is 21.8. The van der Waals surface area contributed by atoms with Gasteiger partial charge in [0.1, 0.15) is 11.5 Å². The number of carbonyl (C=O) groups is 3. The van der Waals surface area contributed by atoms with Crippen LogP contribution in [-0.2, 0) is 14.3 Å². The summed E-state index contributed by atoms with van der Waals surface area (Å²) >= 11 is 1.12. The van der Waals surface area contributed by atoms with Crippen molar-refractivity contribution in [2.45, 2.75) is 11.3 Å². The van der Waals surface area contributed by atoms with E-state index in [9.17, 15) is 14.4 Å². The van der Waals surface area contributed by atoms with Gasteiger partial charge >= 0.3 is 11.9 Å². The predicted molar refractivity (Wildman–Crippen MR) is 150 cm³/mol. The first-order valence-electron chi connectivity index (χ1n) is 11.8. The molecule has 0 aliphatic rings. The highest BCUT2D eigenvalue weighted by Crippen LogP contribution is 2.25. The lowest BCUT2D eigenvalue weighted by atomic mass is 10.1. The zero-order valence-electron chi connectivity index (χ0n) is 21.0. The molecule has 0 heterocycles. The Morgan fingerprint density at radius 1 is 0.718 bits per heavy atom. The Balaban J connectivity index is 1.46. The summed E-state index contributed by atoms with van der Waals surface area (Å²) in [6, 6.07) is 20.9. The minimum atomic E-state index is -0.523. The molecular weight excluding hydrogens is 512 g/mol. The molecule has 3 aromatic carbocycles. The third kappa shape index (κ3) is 10.1. The molecule has 0 N–H and O–H groups in total. The molecular formula is C32H24O6S. The molecule has 0 bridgehead atoms. The minimum Gasteiger partial charge on any atom is -0.493 e. The minimum absolute atomic E-state index is 0.0887. The monoisotopic (exact) mass is 536 g/mol. The van der Waals surface area contributed by atoms with Crippen molar-refractivity contribution in [1.82, 2.24) is 0 Å². The largest absolute Gasteiger partial charge is 0.493 e. The van der Waals surface area contributed by atoms with E-state index >= 15 is 0 Å². The molecule has 0 saturated carbocycles. The highest BCUT2D eigenvalue weighted by atomic mass is 32.2. The Hall–Kier alpha value is -4.98. The number of hydrogen-bond acceptors (Lipinski definition) is 7. The van der Waals surface area contributed by atoms with E-state index < -0.39 is 11.9 Å². The molecule has 0 aliphatic carbocycles. The molecule has 3 aromatic rings. The number of thioether (sulfide) groups is 1. The van der Waals surface area contributed by atoms with Crippen molar-refractivity contribution in [3.8, 4) is 35.2 Å². The van der Waals surface area contributed by atoms with Crippen molar-refractivity contribution in [3.05, 3.63) is 115 Å². The lowest BCUT2D eigenvalue weighted by Crippen LogP contribution is -2.06. The van der Waals surface area contributed by atoms with Crippen LogP contribution in [0.5, 0.6) is 11.5 Å². The summed E-state index contributed by atoms with van der Waals surface area (Å²) in [6.45, 7) is 7.35. The number of esters is 2. The number of rotatable bonds is 10. The number of benzene rings is 3. The van der Waals surface area contributed by atoms with Crippen LogP contribution in [-0.4, -0.2) is 30.3 Å². The predicted octanol–water partition coefficient (Wildman–Crippen LogP) is 5.61. The van der Waals surface area contributed by atoms with Crippen LogP contribution in [0.2, 0.25) is 0 Å². The fraction of sp³-hybridized carbons (Fsp3) is 0.0938. The molecule has 0 aliphatic heterocycles. The van der Waals surface area contributed by atoms with Crippen LogP contribution >= 0.6 is 11.8 Å². The quantitative estimate of drug-likeness (QED) is 0.0832. The van der Waals surface area contributed by atoms with Crippen molar-refractivity contribution in [3.63, 3.8) is 0 Å². The van der Waals surface area contributed by atoms with Crippen molar-refractivity contribution in [2.75, 3.05) is 13.2 Å². The van der Waals surface area contributed by atoms with Crippen molar-refractivity contribution >= 4 is 28.8 Å². The topological polar surface area (TPSA) is 78.9 Å². The Bertz CT molecular complexity index is 1450. The number of carbonyl (C=O) groups excluding carboxylic acids is 3. The molecule has 0 spiro atoms. The normalized spacial score (nSPS) is 9.54. The van der Waals surface area contributed by atoms with Gasteiger partial charge in [-0.05, 0) is 96.4 Å². The van der Waals surface area contributed by atoms with Gasteiger partial charge in [-0.15, -0.1) is 0 Å². The number of hydrogen-bond donors (Lipinski definition) is 0.